The van der Waals surface area contributed by atoms with E-state index < -0.39 is 16.0 Å². The first-order valence-corrected chi connectivity index (χ1v) is 8.99. The molecule has 2 bridgehead atoms. The topological polar surface area (TPSA) is 88.9 Å². The minimum atomic E-state index is -3.73. The maximum atomic E-state index is 12.8. The third-order valence-electron chi connectivity index (χ3n) is 4.18. The normalized spacial score (nSPS) is 24.7. The van der Waals surface area contributed by atoms with Crippen LogP contribution in [0.2, 0.25) is 0 Å². The molecule has 1 aromatic heterocycles. The van der Waals surface area contributed by atoms with Gasteiger partial charge in [-0.1, -0.05) is 0 Å². The summed E-state index contributed by atoms with van der Waals surface area (Å²) in [5.41, 5.74) is 0. The molecule has 3 rings (SSSR count). The Bertz CT molecular complexity index is 646. The van der Waals surface area contributed by atoms with E-state index in [1.54, 1.807) is 11.2 Å². The number of hydrogen-bond acceptors (Lipinski definition) is 6. The number of furan rings is 1. The summed E-state index contributed by atoms with van der Waals surface area (Å²) in [6.07, 6.45) is 2.51. The zero-order chi connectivity index (χ0) is 15.7. The predicted octanol–water partition coefficient (Wildman–Crippen LogP) is 1.39. The maximum absolute atomic E-state index is 12.8. The summed E-state index contributed by atoms with van der Waals surface area (Å²) in [6.45, 7) is 3.37. The molecule has 0 saturated carbocycles. The molecule has 2 atom stereocenters. The van der Waals surface area contributed by atoms with Gasteiger partial charge in [0.1, 0.15) is 0 Å². The Morgan fingerprint density at radius 2 is 2.09 bits per heavy atom. The fourth-order valence-electron chi connectivity index (χ4n) is 3.21. The van der Waals surface area contributed by atoms with Gasteiger partial charge >= 0.3 is 5.97 Å². The van der Waals surface area contributed by atoms with Gasteiger partial charge in [-0.2, -0.15) is 4.31 Å². The van der Waals surface area contributed by atoms with Crippen LogP contribution in [0.5, 0.6) is 0 Å². The van der Waals surface area contributed by atoms with E-state index in [0.29, 0.717) is 6.54 Å². The molecule has 0 aromatic carbocycles. The van der Waals surface area contributed by atoms with Gasteiger partial charge in [0.25, 0.3) is 10.0 Å². The number of rotatable bonds is 4. The number of carbonyl (C=O) groups excluding carboxylic acids is 1. The fourth-order valence-corrected chi connectivity index (χ4v) is 5.02. The molecule has 0 radical (unpaired) electrons. The Hall–Kier alpha value is -1.09. The van der Waals surface area contributed by atoms with Crippen LogP contribution in [0.15, 0.2) is 21.6 Å². The highest BCUT2D eigenvalue weighted by molar-refractivity contribution is 7.89. The number of carbonyl (C=O) groups is 1. The van der Waals surface area contributed by atoms with E-state index in [2.05, 4.69) is 5.32 Å². The summed E-state index contributed by atoms with van der Waals surface area (Å²) in [5.74, 6) is -0.731. The first-order valence-electron chi connectivity index (χ1n) is 7.55. The van der Waals surface area contributed by atoms with Gasteiger partial charge in [0, 0.05) is 18.6 Å². The molecular weight excluding hydrogens is 344 g/mol. The Labute approximate surface area is 141 Å². The Kier molecular flexibility index (Phi) is 5.72. The molecule has 130 valence electrons. The summed E-state index contributed by atoms with van der Waals surface area (Å²) in [6, 6.07) is 2.64. The number of nitrogens with one attached hydrogen (secondary N) is 1. The molecule has 2 aliphatic heterocycles. The van der Waals surface area contributed by atoms with Gasteiger partial charge in [-0.15, -0.1) is 12.4 Å². The lowest BCUT2D eigenvalue weighted by atomic mass is 10.1. The minimum absolute atomic E-state index is 0. The zero-order valence-electron chi connectivity index (χ0n) is 12.9. The van der Waals surface area contributed by atoms with E-state index in [9.17, 15) is 13.2 Å². The van der Waals surface area contributed by atoms with Crippen molar-refractivity contribution in [3.05, 3.63) is 17.9 Å². The smallest absolute Gasteiger partial charge is 0.374 e. The highest BCUT2D eigenvalue weighted by Crippen LogP contribution is 2.34. The van der Waals surface area contributed by atoms with E-state index >= 15 is 0 Å². The molecule has 0 spiro atoms. The number of nitrogens with zero attached hydrogens (tertiary/aromatic N) is 1. The quantitative estimate of drug-likeness (QED) is 0.812. The van der Waals surface area contributed by atoms with Gasteiger partial charge in [-0.05, 0) is 44.9 Å². The maximum Gasteiger partial charge on any atom is 0.374 e. The number of hydrogen-bond donors (Lipinski definition) is 1. The molecule has 3 heterocycles. The number of fused-ring (bicyclic) bond motifs is 2. The molecule has 2 saturated heterocycles. The van der Waals surface area contributed by atoms with Gasteiger partial charge < -0.3 is 14.5 Å². The SMILES string of the molecule is CCOC(=O)c1ccc(S(=O)(=O)N2C3CCNCC2CC3)o1.Cl. The summed E-state index contributed by atoms with van der Waals surface area (Å²) in [7, 11) is -3.73. The van der Waals surface area contributed by atoms with Crippen molar-refractivity contribution in [1.29, 1.82) is 0 Å². The van der Waals surface area contributed by atoms with E-state index in [4.69, 9.17) is 9.15 Å². The third kappa shape index (κ3) is 3.40. The lowest BCUT2D eigenvalue weighted by Crippen LogP contribution is -2.42. The summed E-state index contributed by atoms with van der Waals surface area (Å²) in [4.78, 5) is 11.6. The average molecular weight is 365 g/mol. The highest BCUT2D eigenvalue weighted by Gasteiger charge is 2.44. The van der Waals surface area contributed by atoms with Crippen LogP contribution >= 0.6 is 12.4 Å². The largest absolute Gasteiger partial charge is 0.460 e. The van der Waals surface area contributed by atoms with Crippen molar-refractivity contribution in [1.82, 2.24) is 9.62 Å². The van der Waals surface area contributed by atoms with Crippen LogP contribution in [0.4, 0.5) is 0 Å². The van der Waals surface area contributed by atoms with Gasteiger partial charge in [0.05, 0.1) is 6.61 Å². The van der Waals surface area contributed by atoms with E-state index in [-0.39, 0.29) is 42.0 Å². The van der Waals surface area contributed by atoms with Crippen molar-refractivity contribution in [2.45, 2.75) is 43.4 Å². The summed E-state index contributed by atoms with van der Waals surface area (Å²) >= 11 is 0. The fraction of sp³-hybridized carbons (Fsp3) is 0.643. The Morgan fingerprint density at radius 3 is 2.83 bits per heavy atom. The molecule has 7 nitrogen and oxygen atoms in total. The zero-order valence-corrected chi connectivity index (χ0v) is 14.5. The van der Waals surface area contributed by atoms with Crippen LogP contribution < -0.4 is 5.32 Å². The molecule has 0 amide bonds. The number of halogens is 1. The van der Waals surface area contributed by atoms with Crippen molar-refractivity contribution in [2.24, 2.45) is 0 Å². The van der Waals surface area contributed by atoms with Crippen LogP contribution in [0, 0.1) is 0 Å². The molecule has 2 aliphatic rings. The molecular formula is C14H21ClN2O5S. The van der Waals surface area contributed by atoms with Crippen LogP contribution in [-0.2, 0) is 14.8 Å². The Morgan fingerprint density at radius 1 is 1.35 bits per heavy atom. The van der Waals surface area contributed by atoms with E-state index in [1.807, 2.05) is 0 Å². The molecule has 1 N–H and O–H groups in total. The monoisotopic (exact) mass is 364 g/mol. The number of sulfonamides is 1. The third-order valence-corrected chi connectivity index (χ3v) is 6.06. The van der Waals surface area contributed by atoms with Crippen molar-refractivity contribution >= 4 is 28.4 Å². The second-order valence-electron chi connectivity index (χ2n) is 5.55. The second kappa shape index (κ2) is 7.21. The molecule has 23 heavy (non-hydrogen) atoms. The van der Waals surface area contributed by atoms with Gasteiger partial charge in [-0.25, -0.2) is 13.2 Å². The van der Waals surface area contributed by atoms with Crippen LogP contribution in [0.25, 0.3) is 0 Å². The molecule has 2 fully saturated rings. The highest BCUT2D eigenvalue weighted by atomic mass is 35.5. The van der Waals surface area contributed by atoms with E-state index in [1.165, 1.54) is 12.1 Å². The van der Waals surface area contributed by atoms with Crippen molar-refractivity contribution in [2.75, 3.05) is 19.7 Å². The van der Waals surface area contributed by atoms with Crippen molar-refractivity contribution < 1.29 is 22.4 Å². The van der Waals surface area contributed by atoms with Crippen molar-refractivity contribution in [3.8, 4) is 0 Å². The van der Waals surface area contributed by atoms with E-state index in [0.717, 1.165) is 25.8 Å². The second-order valence-corrected chi connectivity index (χ2v) is 7.33. The first-order chi connectivity index (χ1) is 10.5. The molecule has 0 aliphatic carbocycles. The lowest BCUT2D eigenvalue weighted by Gasteiger charge is -2.25. The number of esters is 1. The molecule has 9 heteroatoms. The lowest BCUT2D eigenvalue weighted by molar-refractivity contribution is 0.0483. The first kappa shape index (κ1) is 18.3. The van der Waals surface area contributed by atoms with Crippen LogP contribution in [-0.4, -0.2) is 50.5 Å². The van der Waals surface area contributed by atoms with Crippen LogP contribution in [0.1, 0.15) is 36.7 Å². The van der Waals surface area contributed by atoms with Gasteiger partial charge in [0.2, 0.25) is 10.9 Å². The molecule has 2 unspecified atom stereocenters. The Balaban J connectivity index is 0.00000192. The summed E-state index contributed by atoms with van der Waals surface area (Å²) < 4.78 is 37.3. The van der Waals surface area contributed by atoms with Gasteiger partial charge in [0.15, 0.2) is 0 Å². The predicted molar refractivity (Wildman–Crippen MR) is 85.2 cm³/mol. The minimum Gasteiger partial charge on any atom is -0.460 e. The standard InChI is InChI=1S/C14H20N2O5S.ClH/c1-2-20-14(17)12-5-6-13(21-12)22(18,19)16-10-3-4-11(16)9-15-8-7-10;/h5-6,10-11,15H,2-4,7-9H2,1H3;1H. The van der Waals surface area contributed by atoms with Crippen molar-refractivity contribution in [3.63, 3.8) is 0 Å². The summed E-state index contributed by atoms with van der Waals surface area (Å²) in [5, 5.41) is 3.08. The number of ether oxygens (including phenoxy) is 1. The van der Waals surface area contributed by atoms with Gasteiger partial charge in [-0.3, -0.25) is 0 Å². The van der Waals surface area contributed by atoms with Crippen LogP contribution in [0.3, 0.4) is 0 Å². The molecule has 1 aromatic rings. The average Bonchev–Trinajstić information content (AvgIpc) is 3.04.